The number of aromatic nitrogens is 1. The van der Waals surface area contributed by atoms with Crippen LogP contribution in [0.1, 0.15) is 10.4 Å². The largest absolute Gasteiger partial charge is 0.506 e. The number of carbonyl (C=O) groups excluding carboxylic acids is 1. The number of hydrogen-bond acceptors (Lipinski definition) is 3. The van der Waals surface area contributed by atoms with Gasteiger partial charge in [0.1, 0.15) is 5.75 Å². The fraction of sp³-hybridized carbons (Fsp3) is 0. The van der Waals surface area contributed by atoms with Gasteiger partial charge in [0.15, 0.2) is 0 Å². The second-order valence-corrected chi connectivity index (χ2v) is 5.28. The first-order chi connectivity index (χ1) is 8.56. The van der Waals surface area contributed by atoms with E-state index in [1.54, 1.807) is 6.07 Å². The van der Waals surface area contributed by atoms with Crippen LogP contribution in [0.15, 0.2) is 45.6 Å². The first-order valence-corrected chi connectivity index (χ1v) is 6.55. The van der Waals surface area contributed by atoms with Gasteiger partial charge in [0.2, 0.25) is 0 Å². The minimum absolute atomic E-state index is 0.0454. The minimum Gasteiger partial charge on any atom is -0.506 e. The number of carbonyl (C=O) groups is 1. The van der Waals surface area contributed by atoms with Crippen LogP contribution in [-0.4, -0.2) is 16.0 Å². The Kier molecular flexibility index (Phi) is 3.98. The van der Waals surface area contributed by atoms with Gasteiger partial charge in [-0.2, -0.15) is 0 Å². The molecular weight excluding hydrogens is 364 g/mol. The topological polar surface area (TPSA) is 62.2 Å². The molecule has 4 nitrogen and oxygen atoms in total. The van der Waals surface area contributed by atoms with E-state index in [0.29, 0.717) is 11.3 Å². The van der Waals surface area contributed by atoms with Gasteiger partial charge in [-0.05, 0) is 40.2 Å². The molecule has 0 aliphatic heterocycles. The van der Waals surface area contributed by atoms with Gasteiger partial charge in [-0.3, -0.25) is 9.78 Å². The summed E-state index contributed by atoms with van der Waals surface area (Å²) in [6.07, 6.45) is 2.66. The van der Waals surface area contributed by atoms with Crippen molar-refractivity contribution >= 4 is 43.5 Å². The maximum Gasteiger partial charge on any atom is 0.257 e. The molecule has 0 radical (unpaired) electrons. The summed E-state index contributed by atoms with van der Waals surface area (Å²) in [6.45, 7) is 0. The molecule has 0 aliphatic rings. The third kappa shape index (κ3) is 3.08. The summed E-state index contributed by atoms with van der Waals surface area (Å²) in [4.78, 5) is 15.7. The first-order valence-electron chi connectivity index (χ1n) is 4.96. The zero-order valence-electron chi connectivity index (χ0n) is 9.02. The summed E-state index contributed by atoms with van der Waals surface area (Å²) in [6, 6.07) is 6.81. The number of nitrogens with zero attached hydrogens (tertiary/aromatic N) is 1. The lowest BCUT2D eigenvalue weighted by Crippen LogP contribution is -2.12. The van der Waals surface area contributed by atoms with Crippen LogP contribution >= 0.6 is 31.9 Å². The maximum atomic E-state index is 11.9. The second kappa shape index (κ2) is 5.49. The van der Waals surface area contributed by atoms with Gasteiger partial charge in [0, 0.05) is 15.1 Å². The van der Waals surface area contributed by atoms with Gasteiger partial charge >= 0.3 is 0 Å². The van der Waals surface area contributed by atoms with Crippen LogP contribution in [0.2, 0.25) is 0 Å². The van der Waals surface area contributed by atoms with Crippen LogP contribution in [0.5, 0.6) is 5.75 Å². The van der Waals surface area contributed by atoms with Crippen molar-refractivity contribution < 1.29 is 9.90 Å². The Hall–Kier alpha value is -1.40. The molecular formula is C12H8Br2N2O2. The molecule has 2 N–H and O–H groups in total. The van der Waals surface area contributed by atoms with Crippen molar-refractivity contribution in [2.24, 2.45) is 0 Å². The molecule has 0 aliphatic carbocycles. The van der Waals surface area contributed by atoms with E-state index in [4.69, 9.17) is 0 Å². The van der Waals surface area contributed by atoms with Gasteiger partial charge in [-0.1, -0.05) is 15.9 Å². The average Bonchev–Trinajstić information content (AvgIpc) is 2.34. The molecule has 6 heteroatoms. The van der Waals surface area contributed by atoms with Crippen LogP contribution in [0.25, 0.3) is 0 Å². The van der Waals surface area contributed by atoms with Crippen LogP contribution in [0.3, 0.4) is 0 Å². The highest BCUT2D eigenvalue weighted by molar-refractivity contribution is 9.11. The first kappa shape index (κ1) is 13.0. The quantitative estimate of drug-likeness (QED) is 0.848. The van der Waals surface area contributed by atoms with Crippen molar-refractivity contribution in [1.82, 2.24) is 4.98 Å². The molecule has 0 fully saturated rings. The predicted octanol–water partition coefficient (Wildman–Crippen LogP) is 3.56. The van der Waals surface area contributed by atoms with Gasteiger partial charge in [0.25, 0.3) is 5.91 Å². The molecule has 18 heavy (non-hydrogen) atoms. The number of rotatable bonds is 2. The molecule has 1 amide bonds. The van der Waals surface area contributed by atoms with E-state index in [0.717, 1.165) is 8.95 Å². The number of anilines is 1. The third-order valence-electron chi connectivity index (χ3n) is 2.16. The fourth-order valence-electron chi connectivity index (χ4n) is 1.34. The number of hydrogen-bond donors (Lipinski definition) is 2. The lowest BCUT2D eigenvalue weighted by molar-refractivity contribution is 0.102. The smallest absolute Gasteiger partial charge is 0.257 e. The Balaban J connectivity index is 2.24. The molecule has 2 rings (SSSR count). The number of pyridine rings is 1. The Labute approximate surface area is 120 Å². The van der Waals surface area contributed by atoms with Gasteiger partial charge in [-0.25, -0.2) is 0 Å². The molecule has 1 aromatic heterocycles. The number of halogens is 2. The van der Waals surface area contributed by atoms with Crippen molar-refractivity contribution in [3.05, 3.63) is 51.2 Å². The van der Waals surface area contributed by atoms with Gasteiger partial charge in [-0.15, -0.1) is 0 Å². The third-order valence-corrected chi connectivity index (χ3v) is 3.35. The molecule has 1 heterocycles. The monoisotopic (exact) mass is 370 g/mol. The van der Waals surface area contributed by atoms with E-state index in [1.807, 2.05) is 12.1 Å². The lowest BCUT2D eigenvalue weighted by atomic mass is 10.2. The summed E-state index contributed by atoms with van der Waals surface area (Å²) < 4.78 is 1.63. The van der Waals surface area contributed by atoms with Gasteiger partial charge < -0.3 is 10.4 Å². The van der Waals surface area contributed by atoms with E-state index in [9.17, 15) is 9.90 Å². The lowest BCUT2D eigenvalue weighted by Gasteiger charge is -2.07. The Morgan fingerprint density at radius 3 is 2.72 bits per heavy atom. The van der Waals surface area contributed by atoms with Crippen molar-refractivity contribution in [2.45, 2.75) is 0 Å². The highest BCUT2D eigenvalue weighted by Gasteiger charge is 2.09. The van der Waals surface area contributed by atoms with E-state index < -0.39 is 0 Å². The van der Waals surface area contributed by atoms with E-state index >= 15 is 0 Å². The maximum absolute atomic E-state index is 11.9. The summed E-state index contributed by atoms with van der Waals surface area (Å²) in [5, 5.41) is 12.0. The van der Waals surface area contributed by atoms with E-state index in [2.05, 4.69) is 42.2 Å². The molecule has 0 saturated carbocycles. The standard InChI is InChI=1S/C12H8Br2N2O2/c13-8-1-2-10(14)11(4-8)16-12(18)7-3-9(17)6-15-5-7/h1-6,17H,(H,16,18). The molecule has 0 atom stereocenters. The summed E-state index contributed by atoms with van der Waals surface area (Å²) in [7, 11) is 0. The molecule has 0 unspecified atom stereocenters. The predicted molar refractivity (Wildman–Crippen MR) is 75.7 cm³/mol. The number of aromatic hydroxyl groups is 1. The molecule has 0 bridgehead atoms. The zero-order chi connectivity index (χ0) is 13.1. The van der Waals surface area contributed by atoms with Gasteiger partial charge in [0.05, 0.1) is 17.4 Å². The highest BCUT2D eigenvalue weighted by Crippen LogP contribution is 2.26. The van der Waals surface area contributed by atoms with E-state index in [-0.39, 0.29) is 11.7 Å². The minimum atomic E-state index is -0.336. The normalized spacial score (nSPS) is 10.1. The fourth-order valence-corrected chi connectivity index (χ4v) is 2.05. The average molecular weight is 372 g/mol. The summed E-state index contributed by atoms with van der Waals surface area (Å²) in [5.74, 6) is -0.381. The molecule has 1 aromatic carbocycles. The second-order valence-electron chi connectivity index (χ2n) is 3.51. The van der Waals surface area contributed by atoms with Crippen LogP contribution in [0, 0.1) is 0 Å². The number of nitrogens with one attached hydrogen (secondary N) is 1. The van der Waals surface area contributed by atoms with Crippen molar-refractivity contribution in [3.63, 3.8) is 0 Å². The Bertz CT molecular complexity index is 602. The number of amides is 1. The zero-order valence-corrected chi connectivity index (χ0v) is 12.2. The summed E-state index contributed by atoms with van der Waals surface area (Å²) >= 11 is 6.67. The van der Waals surface area contributed by atoms with Crippen molar-refractivity contribution in [1.29, 1.82) is 0 Å². The molecule has 0 saturated heterocycles. The van der Waals surface area contributed by atoms with Crippen LogP contribution in [0.4, 0.5) is 5.69 Å². The SMILES string of the molecule is O=C(Nc1cc(Br)ccc1Br)c1cncc(O)c1. The Morgan fingerprint density at radius 2 is 2.00 bits per heavy atom. The molecule has 92 valence electrons. The Morgan fingerprint density at radius 1 is 1.22 bits per heavy atom. The van der Waals surface area contributed by atoms with E-state index in [1.165, 1.54) is 18.5 Å². The summed E-state index contributed by atoms with van der Waals surface area (Å²) in [5.41, 5.74) is 0.930. The van der Waals surface area contributed by atoms with Crippen LogP contribution < -0.4 is 5.32 Å². The highest BCUT2D eigenvalue weighted by atomic mass is 79.9. The number of benzene rings is 1. The molecule has 0 spiro atoms. The van der Waals surface area contributed by atoms with Crippen molar-refractivity contribution in [2.75, 3.05) is 5.32 Å². The van der Waals surface area contributed by atoms with Crippen molar-refractivity contribution in [3.8, 4) is 5.75 Å². The molecule has 2 aromatic rings. The van der Waals surface area contributed by atoms with Crippen LogP contribution in [-0.2, 0) is 0 Å².